The largest absolute Gasteiger partial charge is 0.478 e. The lowest BCUT2D eigenvalue weighted by molar-refractivity contribution is 0.0693. The molecule has 1 aliphatic heterocycles. The van der Waals surface area contributed by atoms with E-state index in [1.54, 1.807) is 66.7 Å². The predicted octanol–water partition coefficient (Wildman–Crippen LogP) is 3.98. The van der Waals surface area contributed by atoms with Gasteiger partial charge in [0.2, 0.25) is 0 Å². The molecule has 0 aromatic heterocycles. The first kappa shape index (κ1) is 16.5. The van der Waals surface area contributed by atoms with Crippen molar-refractivity contribution in [2.75, 3.05) is 4.90 Å². The van der Waals surface area contributed by atoms with E-state index < -0.39 is 5.97 Å². The van der Waals surface area contributed by atoms with Crippen molar-refractivity contribution in [3.8, 4) is 11.5 Å². The Kier molecular flexibility index (Phi) is 3.93. The third-order valence-corrected chi connectivity index (χ3v) is 4.23. The fourth-order valence-corrected chi connectivity index (χ4v) is 2.95. The number of anilines is 1. The molecule has 3 aromatic carbocycles. The van der Waals surface area contributed by atoms with Gasteiger partial charge < -0.3 is 9.84 Å². The highest BCUT2D eigenvalue weighted by Gasteiger charge is 2.36. The van der Waals surface area contributed by atoms with E-state index in [-0.39, 0.29) is 23.1 Å². The van der Waals surface area contributed by atoms with Crippen LogP contribution >= 0.6 is 0 Å². The SMILES string of the molecule is O=C(O)c1ccccc1Oc1ccc(N2C(=O)c3ccccc3C2=O)cc1. The van der Waals surface area contributed by atoms with Crippen molar-refractivity contribution in [3.63, 3.8) is 0 Å². The molecular weight excluding hydrogens is 346 g/mol. The molecule has 0 atom stereocenters. The maximum atomic E-state index is 12.5. The molecule has 132 valence electrons. The summed E-state index contributed by atoms with van der Waals surface area (Å²) in [6.07, 6.45) is 0. The minimum atomic E-state index is -1.09. The van der Waals surface area contributed by atoms with Gasteiger partial charge in [0.1, 0.15) is 17.1 Å². The second kappa shape index (κ2) is 6.42. The number of hydrogen-bond acceptors (Lipinski definition) is 4. The molecule has 0 bridgehead atoms. The smallest absolute Gasteiger partial charge is 0.339 e. The van der Waals surface area contributed by atoms with Crippen molar-refractivity contribution in [1.29, 1.82) is 0 Å². The van der Waals surface area contributed by atoms with Crippen molar-refractivity contribution in [1.82, 2.24) is 0 Å². The molecule has 0 unspecified atom stereocenters. The summed E-state index contributed by atoms with van der Waals surface area (Å²) in [5, 5.41) is 9.21. The van der Waals surface area contributed by atoms with Gasteiger partial charge in [0, 0.05) is 0 Å². The number of amides is 2. The third-order valence-electron chi connectivity index (χ3n) is 4.23. The second-order valence-corrected chi connectivity index (χ2v) is 5.89. The van der Waals surface area contributed by atoms with Crippen LogP contribution in [-0.2, 0) is 0 Å². The number of para-hydroxylation sites is 1. The molecule has 0 spiro atoms. The molecule has 2 amide bonds. The molecule has 1 N–H and O–H groups in total. The monoisotopic (exact) mass is 359 g/mol. The van der Waals surface area contributed by atoms with E-state index >= 15 is 0 Å². The lowest BCUT2D eigenvalue weighted by atomic mass is 10.1. The zero-order chi connectivity index (χ0) is 19.0. The molecule has 1 heterocycles. The number of fused-ring (bicyclic) bond motifs is 1. The van der Waals surface area contributed by atoms with Gasteiger partial charge in [-0.3, -0.25) is 9.59 Å². The number of nitrogens with zero attached hydrogens (tertiary/aromatic N) is 1. The highest BCUT2D eigenvalue weighted by atomic mass is 16.5. The van der Waals surface area contributed by atoms with Crippen LogP contribution in [0.2, 0.25) is 0 Å². The van der Waals surface area contributed by atoms with E-state index in [4.69, 9.17) is 4.74 Å². The molecule has 0 saturated carbocycles. The summed E-state index contributed by atoms with van der Waals surface area (Å²) < 4.78 is 5.63. The lowest BCUT2D eigenvalue weighted by Gasteiger charge is -2.15. The number of carboxylic acids is 1. The van der Waals surface area contributed by atoms with E-state index in [2.05, 4.69) is 0 Å². The number of carboxylic acid groups (broad SMARTS) is 1. The average Bonchev–Trinajstić information content (AvgIpc) is 2.94. The molecule has 0 fully saturated rings. The number of rotatable bonds is 4. The molecule has 27 heavy (non-hydrogen) atoms. The van der Waals surface area contributed by atoms with Crippen molar-refractivity contribution in [2.45, 2.75) is 0 Å². The van der Waals surface area contributed by atoms with Crippen molar-refractivity contribution < 1.29 is 24.2 Å². The molecule has 0 aliphatic carbocycles. The zero-order valence-corrected chi connectivity index (χ0v) is 14.0. The zero-order valence-electron chi connectivity index (χ0n) is 14.0. The van der Waals surface area contributed by atoms with Crippen LogP contribution in [0.25, 0.3) is 0 Å². The molecule has 0 radical (unpaired) electrons. The number of aromatic carboxylic acids is 1. The van der Waals surface area contributed by atoms with Crippen LogP contribution in [0, 0.1) is 0 Å². The summed E-state index contributed by atoms with van der Waals surface area (Å²) in [6.45, 7) is 0. The van der Waals surface area contributed by atoms with Crippen LogP contribution in [-0.4, -0.2) is 22.9 Å². The molecule has 0 saturated heterocycles. The van der Waals surface area contributed by atoms with E-state index in [1.807, 2.05) is 0 Å². The third kappa shape index (κ3) is 2.83. The summed E-state index contributed by atoms with van der Waals surface area (Å²) >= 11 is 0. The van der Waals surface area contributed by atoms with Crippen LogP contribution in [0.3, 0.4) is 0 Å². The number of benzene rings is 3. The number of imide groups is 1. The normalized spacial score (nSPS) is 12.8. The summed E-state index contributed by atoms with van der Waals surface area (Å²) in [4.78, 5) is 37.4. The minimum Gasteiger partial charge on any atom is -0.478 e. The summed E-state index contributed by atoms with van der Waals surface area (Å²) in [5.74, 6) is -1.24. The number of ether oxygens (including phenoxy) is 1. The van der Waals surface area contributed by atoms with E-state index in [9.17, 15) is 19.5 Å². The van der Waals surface area contributed by atoms with Gasteiger partial charge in [0.15, 0.2) is 0 Å². The van der Waals surface area contributed by atoms with Crippen molar-refractivity contribution >= 4 is 23.5 Å². The van der Waals surface area contributed by atoms with Crippen LogP contribution < -0.4 is 9.64 Å². The highest BCUT2D eigenvalue weighted by molar-refractivity contribution is 6.34. The van der Waals surface area contributed by atoms with E-state index in [0.29, 0.717) is 22.6 Å². The first-order valence-electron chi connectivity index (χ1n) is 8.14. The predicted molar refractivity (Wildman–Crippen MR) is 97.5 cm³/mol. The molecule has 6 nitrogen and oxygen atoms in total. The quantitative estimate of drug-likeness (QED) is 0.713. The van der Waals surface area contributed by atoms with E-state index in [1.165, 1.54) is 6.07 Å². The first-order valence-corrected chi connectivity index (χ1v) is 8.14. The Hall–Kier alpha value is -3.93. The fourth-order valence-electron chi connectivity index (χ4n) is 2.95. The molecule has 3 aromatic rings. The Bertz CT molecular complexity index is 1040. The highest BCUT2D eigenvalue weighted by Crippen LogP contribution is 2.31. The maximum Gasteiger partial charge on any atom is 0.339 e. The number of hydrogen-bond donors (Lipinski definition) is 1. The van der Waals surface area contributed by atoms with Gasteiger partial charge in [-0.05, 0) is 48.5 Å². The van der Waals surface area contributed by atoms with Crippen LogP contribution in [0.1, 0.15) is 31.1 Å². The van der Waals surface area contributed by atoms with Crippen LogP contribution in [0.5, 0.6) is 11.5 Å². The average molecular weight is 359 g/mol. The molecular formula is C21H13NO5. The van der Waals surface area contributed by atoms with Crippen LogP contribution in [0.4, 0.5) is 5.69 Å². The Morgan fingerprint density at radius 3 is 1.93 bits per heavy atom. The summed E-state index contributed by atoms with van der Waals surface area (Å²) in [7, 11) is 0. The number of carbonyl (C=O) groups is 3. The fraction of sp³-hybridized carbons (Fsp3) is 0. The number of carbonyl (C=O) groups excluding carboxylic acids is 2. The van der Waals surface area contributed by atoms with Gasteiger partial charge >= 0.3 is 5.97 Å². The molecule has 1 aliphatic rings. The van der Waals surface area contributed by atoms with Crippen LogP contribution in [0.15, 0.2) is 72.8 Å². The molecule has 4 rings (SSSR count). The van der Waals surface area contributed by atoms with Gasteiger partial charge in [-0.1, -0.05) is 24.3 Å². The Morgan fingerprint density at radius 2 is 1.33 bits per heavy atom. The van der Waals surface area contributed by atoms with Gasteiger partial charge in [-0.2, -0.15) is 0 Å². The first-order chi connectivity index (χ1) is 13.1. The second-order valence-electron chi connectivity index (χ2n) is 5.89. The minimum absolute atomic E-state index is 0.0434. The standard InChI is InChI=1S/C21H13NO5/c23-19-15-5-1-2-6-16(15)20(24)22(19)13-9-11-14(12-10-13)27-18-8-4-3-7-17(18)21(25)26/h1-12H,(H,25,26). The lowest BCUT2D eigenvalue weighted by Crippen LogP contribution is -2.29. The van der Waals surface area contributed by atoms with Gasteiger partial charge in [-0.15, -0.1) is 0 Å². The molecule has 6 heteroatoms. The Balaban J connectivity index is 1.60. The summed E-state index contributed by atoms with van der Waals surface area (Å²) in [6, 6.07) is 19.3. The Morgan fingerprint density at radius 1 is 0.778 bits per heavy atom. The topological polar surface area (TPSA) is 83.9 Å². The Labute approximate surface area is 154 Å². The van der Waals surface area contributed by atoms with Gasteiger partial charge in [0.05, 0.1) is 16.8 Å². The maximum absolute atomic E-state index is 12.5. The van der Waals surface area contributed by atoms with Gasteiger partial charge in [-0.25, -0.2) is 9.69 Å². The van der Waals surface area contributed by atoms with Crippen molar-refractivity contribution in [2.24, 2.45) is 0 Å². The van der Waals surface area contributed by atoms with Crippen molar-refractivity contribution in [3.05, 3.63) is 89.5 Å². The van der Waals surface area contributed by atoms with E-state index in [0.717, 1.165) is 4.90 Å². The van der Waals surface area contributed by atoms with Gasteiger partial charge in [0.25, 0.3) is 11.8 Å². The summed E-state index contributed by atoms with van der Waals surface area (Å²) in [5.41, 5.74) is 1.21.